The number of hydrogen-bond donors (Lipinski definition) is 0. The summed E-state index contributed by atoms with van der Waals surface area (Å²) in [6, 6.07) is 8.47. The SMILES string of the molecule is O=C(C1CCN(S(=O)(=O)c2cc(Cl)ccc2Cl)CC1)N1CCCCCC1c1ccncc1. The third-order valence-corrected chi connectivity index (χ3v) is 9.06. The fourth-order valence-electron chi connectivity index (χ4n) is 4.70. The molecule has 2 saturated heterocycles. The molecule has 1 aromatic carbocycles. The Morgan fingerprint density at radius 1 is 0.938 bits per heavy atom. The van der Waals surface area contributed by atoms with E-state index in [0.29, 0.717) is 17.9 Å². The van der Waals surface area contributed by atoms with Crippen molar-refractivity contribution in [3.05, 3.63) is 58.3 Å². The van der Waals surface area contributed by atoms with Crippen molar-refractivity contribution in [2.24, 2.45) is 5.92 Å². The van der Waals surface area contributed by atoms with Crippen LogP contribution in [-0.2, 0) is 14.8 Å². The lowest BCUT2D eigenvalue weighted by Gasteiger charge is -2.37. The number of carbonyl (C=O) groups excluding carboxylic acids is 1. The van der Waals surface area contributed by atoms with Crippen LogP contribution in [0.5, 0.6) is 0 Å². The molecule has 2 aromatic rings. The highest BCUT2D eigenvalue weighted by Gasteiger charge is 2.37. The molecule has 0 saturated carbocycles. The molecule has 2 fully saturated rings. The molecule has 3 heterocycles. The van der Waals surface area contributed by atoms with Crippen LogP contribution in [0.15, 0.2) is 47.6 Å². The van der Waals surface area contributed by atoms with Gasteiger partial charge < -0.3 is 4.90 Å². The number of amides is 1. The van der Waals surface area contributed by atoms with Gasteiger partial charge in [-0.15, -0.1) is 0 Å². The number of sulfonamides is 1. The lowest BCUT2D eigenvalue weighted by molar-refractivity contribution is -0.139. The van der Waals surface area contributed by atoms with E-state index in [9.17, 15) is 13.2 Å². The van der Waals surface area contributed by atoms with Crippen molar-refractivity contribution in [2.45, 2.75) is 49.5 Å². The first kappa shape index (κ1) is 23.5. The van der Waals surface area contributed by atoms with Crippen molar-refractivity contribution in [2.75, 3.05) is 19.6 Å². The van der Waals surface area contributed by atoms with Gasteiger partial charge in [0.1, 0.15) is 4.90 Å². The minimum Gasteiger partial charge on any atom is -0.335 e. The van der Waals surface area contributed by atoms with Gasteiger partial charge in [0.25, 0.3) is 0 Å². The van der Waals surface area contributed by atoms with E-state index < -0.39 is 10.0 Å². The van der Waals surface area contributed by atoms with Crippen LogP contribution < -0.4 is 0 Å². The number of piperidine rings is 1. The topological polar surface area (TPSA) is 70.6 Å². The number of benzene rings is 1. The van der Waals surface area contributed by atoms with Gasteiger partial charge in [-0.2, -0.15) is 4.31 Å². The molecular formula is C23H27Cl2N3O3S. The van der Waals surface area contributed by atoms with Crippen molar-refractivity contribution in [3.8, 4) is 0 Å². The summed E-state index contributed by atoms with van der Waals surface area (Å²) in [5.74, 6) is -0.0507. The van der Waals surface area contributed by atoms with E-state index in [1.54, 1.807) is 18.5 Å². The molecule has 0 N–H and O–H groups in total. The number of pyridine rings is 1. The van der Waals surface area contributed by atoms with Crippen molar-refractivity contribution in [1.82, 2.24) is 14.2 Å². The van der Waals surface area contributed by atoms with Gasteiger partial charge in [-0.1, -0.05) is 36.0 Å². The number of hydrogen-bond acceptors (Lipinski definition) is 4. The molecule has 1 atom stereocenters. The Bertz CT molecular complexity index is 1060. The zero-order chi connectivity index (χ0) is 22.7. The molecule has 4 rings (SSSR count). The maximum atomic E-state index is 13.5. The predicted molar refractivity (Wildman–Crippen MR) is 125 cm³/mol. The van der Waals surface area contributed by atoms with Crippen LogP contribution in [0, 0.1) is 5.92 Å². The highest BCUT2D eigenvalue weighted by atomic mass is 35.5. The summed E-state index contributed by atoms with van der Waals surface area (Å²) in [7, 11) is -3.76. The quantitative estimate of drug-likeness (QED) is 0.602. The molecule has 32 heavy (non-hydrogen) atoms. The van der Waals surface area contributed by atoms with Gasteiger partial charge in [-0.3, -0.25) is 9.78 Å². The van der Waals surface area contributed by atoms with Crippen molar-refractivity contribution < 1.29 is 13.2 Å². The van der Waals surface area contributed by atoms with Gasteiger partial charge in [0.2, 0.25) is 15.9 Å². The zero-order valence-corrected chi connectivity index (χ0v) is 20.1. The monoisotopic (exact) mass is 495 g/mol. The molecule has 1 amide bonds. The predicted octanol–water partition coefficient (Wildman–Crippen LogP) is 4.93. The molecule has 0 aliphatic carbocycles. The van der Waals surface area contributed by atoms with E-state index in [1.807, 2.05) is 17.0 Å². The fraction of sp³-hybridized carbons (Fsp3) is 0.478. The first-order chi connectivity index (χ1) is 15.4. The maximum absolute atomic E-state index is 13.5. The van der Waals surface area contributed by atoms with Crippen LogP contribution in [0.2, 0.25) is 10.0 Å². The minimum atomic E-state index is -3.76. The van der Waals surface area contributed by atoms with Gasteiger partial charge in [0.05, 0.1) is 11.1 Å². The van der Waals surface area contributed by atoms with Crippen LogP contribution in [0.3, 0.4) is 0 Å². The second-order valence-electron chi connectivity index (χ2n) is 8.43. The molecular weight excluding hydrogens is 469 g/mol. The largest absolute Gasteiger partial charge is 0.335 e. The highest BCUT2D eigenvalue weighted by Crippen LogP contribution is 2.34. The molecule has 9 heteroatoms. The lowest BCUT2D eigenvalue weighted by atomic mass is 9.94. The van der Waals surface area contributed by atoms with E-state index in [2.05, 4.69) is 4.98 Å². The van der Waals surface area contributed by atoms with Gasteiger partial charge in [0, 0.05) is 43.0 Å². The van der Waals surface area contributed by atoms with E-state index in [1.165, 1.54) is 16.4 Å². The maximum Gasteiger partial charge on any atom is 0.244 e. The van der Waals surface area contributed by atoms with Gasteiger partial charge in [-0.05, 0) is 61.6 Å². The molecule has 1 unspecified atom stereocenters. The Morgan fingerprint density at radius 2 is 1.66 bits per heavy atom. The number of aromatic nitrogens is 1. The van der Waals surface area contributed by atoms with Crippen LogP contribution in [-0.4, -0.2) is 48.1 Å². The molecule has 0 spiro atoms. The Balaban J connectivity index is 1.47. The Morgan fingerprint density at radius 3 is 2.38 bits per heavy atom. The van der Waals surface area contributed by atoms with E-state index >= 15 is 0 Å². The molecule has 2 aliphatic heterocycles. The first-order valence-electron chi connectivity index (χ1n) is 11.0. The summed E-state index contributed by atoms with van der Waals surface area (Å²) in [6.45, 7) is 1.31. The summed E-state index contributed by atoms with van der Waals surface area (Å²) in [5.41, 5.74) is 1.12. The lowest BCUT2D eigenvalue weighted by Crippen LogP contribution is -2.45. The number of carbonyl (C=O) groups is 1. The summed E-state index contributed by atoms with van der Waals surface area (Å²) in [5, 5.41) is 0.471. The molecule has 6 nitrogen and oxygen atoms in total. The standard InChI is InChI=1S/C23H27Cl2N3O3S/c24-19-5-6-20(25)22(16-19)32(30,31)27-14-9-18(10-15-27)23(29)28-13-3-1-2-4-21(28)17-7-11-26-12-8-17/h5-8,11-12,16,18,21H,1-4,9-10,13-15H2. The summed E-state index contributed by atoms with van der Waals surface area (Å²) in [6.07, 6.45) is 8.67. The van der Waals surface area contributed by atoms with Crippen LogP contribution >= 0.6 is 23.2 Å². The normalized spacial score (nSPS) is 21.3. The second kappa shape index (κ2) is 10.1. The summed E-state index contributed by atoms with van der Waals surface area (Å²) >= 11 is 12.1. The van der Waals surface area contributed by atoms with Crippen LogP contribution in [0.4, 0.5) is 0 Å². The first-order valence-corrected chi connectivity index (χ1v) is 13.2. The van der Waals surface area contributed by atoms with Gasteiger partial charge >= 0.3 is 0 Å². The van der Waals surface area contributed by atoms with Gasteiger partial charge in [-0.25, -0.2) is 8.42 Å². The molecule has 1 aromatic heterocycles. The number of rotatable bonds is 4. The Labute approximate surface area is 199 Å². The number of halogens is 2. The summed E-state index contributed by atoms with van der Waals surface area (Å²) in [4.78, 5) is 19.7. The van der Waals surface area contributed by atoms with Gasteiger partial charge in [0.15, 0.2) is 0 Å². The average molecular weight is 496 g/mol. The van der Waals surface area contributed by atoms with E-state index in [4.69, 9.17) is 23.2 Å². The van der Waals surface area contributed by atoms with Crippen LogP contribution in [0.25, 0.3) is 0 Å². The molecule has 0 bridgehead atoms. The van der Waals surface area contributed by atoms with Crippen molar-refractivity contribution in [3.63, 3.8) is 0 Å². The molecule has 2 aliphatic rings. The van der Waals surface area contributed by atoms with Crippen LogP contribution in [0.1, 0.15) is 50.1 Å². The third kappa shape index (κ3) is 4.96. The Kier molecular flexibility index (Phi) is 7.40. The Hall–Kier alpha value is -1.67. The number of likely N-dealkylation sites (tertiary alicyclic amines) is 1. The molecule has 172 valence electrons. The van der Waals surface area contributed by atoms with Crippen molar-refractivity contribution >= 4 is 39.1 Å². The second-order valence-corrected chi connectivity index (χ2v) is 11.2. The van der Waals surface area contributed by atoms with E-state index in [0.717, 1.165) is 37.8 Å². The fourth-order valence-corrected chi connectivity index (χ4v) is 6.90. The van der Waals surface area contributed by atoms with E-state index in [-0.39, 0.29) is 40.9 Å². The third-order valence-electron chi connectivity index (χ3n) is 6.44. The highest BCUT2D eigenvalue weighted by molar-refractivity contribution is 7.89. The summed E-state index contributed by atoms with van der Waals surface area (Å²) < 4.78 is 27.6. The molecule has 0 radical (unpaired) electrons. The zero-order valence-electron chi connectivity index (χ0n) is 17.8. The van der Waals surface area contributed by atoms with Crippen molar-refractivity contribution in [1.29, 1.82) is 0 Å². The minimum absolute atomic E-state index is 0.0155. The smallest absolute Gasteiger partial charge is 0.244 e. The number of nitrogens with zero attached hydrogens (tertiary/aromatic N) is 3. The average Bonchev–Trinajstić information content (AvgIpc) is 3.07.